The van der Waals surface area contributed by atoms with E-state index in [4.69, 9.17) is 18.9 Å². The molecule has 32 heavy (non-hydrogen) atoms. The van der Waals surface area contributed by atoms with E-state index in [0.717, 1.165) is 0 Å². The molecule has 2 rings (SSSR count). The van der Waals surface area contributed by atoms with E-state index in [1.165, 1.54) is 0 Å². The zero-order chi connectivity index (χ0) is 24.2. The number of ether oxygens (including phenoxy) is 4. The molecular weight excluding hydrogens is 424 g/mol. The highest BCUT2D eigenvalue weighted by molar-refractivity contribution is 5.03. The van der Waals surface area contributed by atoms with Gasteiger partial charge < -0.3 is 49.6 Å². The van der Waals surface area contributed by atoms with Crippen LogP contribution in [-0.2, 0) is 18.9 Å². The molecule has 0 aromatic rings. The van der Waals surface area contributed by atoms with Crippen molar-refractivity contribution in [2.45, 2.75) is 127 Å². The second-order valence-electron chi connectivity index (χ2n) is 9.09. The third-order valence-electron chi connectivity index (χ3n) is 6.94. The lowest BCUT2D eigenvalue weighted by Crippen LogP contribution is -2.68. The molecule has 0 radical (unpaired) electrons. The lowest BCUT2D eigenvalue weighted by atomic mass is 9.83. The van der Waals surface area contributed by atoms with E-state index in [1.807, 2.05) is 13.8 Å². The number of aliphatic hydroxyl groups is 6. The Kier molecular flexibility index (Phi) is 10.3. The van der Waals surface area contributed by atoms with Gasteiger partial charge in [-0.05, 0) is 33.1 Å². The summed E-state index contributed by atoms with van der Waals surface area (Å²) in [6.07, 6.45) is -9.37. The van der Waals surface area contributed by atoms with Gasteiger partial charge in [0, 0.05) is 0 Å². The maximum atomic E-state index is 10.9. The minimum absolute atomic E-state index is 0.159. The summed E-state index contributed by atoms with van der Waals surface area (Å²) in [6.45, 7) is 8.03. The first-order valence-corrected chi connectivity index (χ1v) is 11.7. The van der Waals surface area contributed by atoms with E-state index < -0.39 is 79.9 Å². The van der Waals surface area contributed by atoms with Gasteiger partial charge in [-0.15, -0.1) is 0 Å². The van der Waals surface area contributed by atoms with E-state index in [0.29, 0.717) is 19.3 Å². The van der Waals surface area contributed by atoms with Crippen LogP contribution in [0.1, 0.15) is 53.9 Å². The molecule has 2 saturated heterocycles. The second-order valence-corrected chi connectivity index (χ2v) is 9.09. The fourth-order valence-corrected chi connectivity index (χ4v) is 4.54. The smallest absolute Gasteiger partial charge is 0.115 e. The van der Waals surface area contributed by atoms with Gasteiger partial charge in [0.25, 0.3) is 0 Å². The van der Waals surface area contributed by atoms with Gasteiger partial charge in [-0.3, -0.25) is 0 Å². The van der Waals surface area contributed by atoms with Gasteiger partial charge in [0.15, 0.2) is 0 Å². The molecule has 10 heteroatoms. The molecule has 11 atom stereocenters. The molecule has 190 valence electrons. The summed E-state index contributed by atoms with van der Waals surface area (Å²) in [7, 11) is 0. The Labute approximate surface area is 190 Å². The molecular formula is C22H42O10. The Bertz CT molecular complexity index is 557. The first-order valence-electron chi connectivity index (χ1n) is 11.7. The van der Waals surface area contributed by atoms with Crippen LogP contribution < -0.4 is 0 Å². The Morgan fingerprint density at radius 2 is 1.34 bits per heavy atom. The molecule has 2 aliphatic heterocycles. The first kappa shape index (κ1) is 27.8. The van der Waals surface area contributed by atoms with Crippen molar-refractivity contribution < 1.29 is 49.6 Å². The number of hydrogen-bond donors (Lipinski definition) is 6. The van der Waals surface area contributed by atoms with Gasteiger partial charge in [-0.2, -0.15) is 0 Å². The van der Waals surface area contributed by atoms with Crippen molar-refractivity contribution in [2.24, 2.45) is 0 Å². The fraction of sp³-hybridized carbons (Fsp3) is 1.00. The molecule has 0 spiro atoms. The average Bonchev–Trinajstić information content (AvgIpc) is 2.79. The summed E-state index contributed by atoms with van der Waals surface area (Å²) in [4.78, 5) is 0. The lowest BCUT2D eigenvalue weighted by Gasteiger charge is -2.51. The van der Waals surface area contributed by atoms with E-state index in [-0.39, 0.29) is 6.10 Å². The maximum absolute atomic E-state index is 10.9. The van der Waals surface area contributed by atoms with Crippen LogP contribution in [0, 0.1) is 0 Å². The van der Waals surface area contributed by atoms with Crippen molar-refractivity contribution >= 4 is 0 Å². The summed E-state index contributed by atoms with van der Waals surface area (Å²) in [5.74, 6) is 0. The minimum atomic E-state index is -1.40. The third kappa shape index (κ3) is 5.63. The molecule has 0 saturated carbocycles. The van der Waals surface area contributed by atoms with Gasteiger partial charge >= 0.3 is 0 Å². The predicted molar refractivity (Wildman–Crippen MR) is 114 cm³/mol. The SMILES string of the molecule is CCC(CC)OC1C(CO)OC(C(C)(CC)OC2C(CO)OC(C)C(O)C2O)C(O)C1O. The lowest BCUT2D eigenvalue weighted by molar-refractivity contribution is -0.318. The first-order chi connectivity index (χ1) is 15.1. The highest BCUT2D eigenvalue weighted by atomic mass is 16.6. The van der Waals surface area contributed by atoms with Gasteiger partial charge in [0.05, 0.1) is 31.0 Å². The third-order valence-corrected chi connectivity index (χ3v) is 6.94. The highest BCUT2D eigenvalue weighted by Gasteiger charge is 2.55. The van der Waals surface area contributed by atoms with Gasteiger partial charge in [0.2, 0.25) is 0 Å². The Balaban J connectivity index is 2.26. The second kappa shape index (κ2) is 11.8. The molecule has 10 nitrogen and oxygen atoms in total. The minimum Gasteiger partial charge on any atom is -0.394 e. The van der Waals surface area contributed by atoms with E-state index in [9.17, 15) is 30.6 Å². The Hall–Kier alpha value is -0.400. The van der Waals surface area contributed by atoms with Crippen molar-refractivity contribution in [1.82, 2.24) is 0 Å². The van der Waals surface area contributed by atoms with Crippen LogP contribution in [0.15, 0.2) is 0 Å². The fourth-order valence-electron chi connectivity index (χ4n) is 4.54. The summed E-state index contributed by atoms with van der Waals surface area (Å²) in [5.41, 5.74) is -1.25. The highest BCUT2D eigenvalue weighted by Crippen LogP contribution is 2.37. The number of hydrogen-bond acceptors (Lipinski definition) is 10. The molecule has 0 aromatic heterocycles. The average molecular weight is 467 g/mol. The molecule has 2 fully saturated rings. The summed E-state index contributed by atoms with van der Waals surface area (Å²) >= 11 is 0. The van der Waals surface area contributed by atoms with Crippen LogP contribution in [0.3, 0.4) is 0 Å². The van der Waals surface area contributed by atoms with Crippen LogP contribution in [0.4, 0.5) is 0 Å². The largest absolute Gasteiger partial charge is 0.394 e. The Morgan fingerprint density at radius 1 is 0.812 bits per heavy atom. The molecule has 0 bridgehead atoms. The summed E-state index contributed by atoms with van der Waals surface area (Å²) in [5, 5.41) is 62.3. The molecule has 11 unspecified atom stereocenters. The van der Waals surface area contributed by atoms with E-state index in [2.05, 4.69) is 0 Å². The topological polar surface area (TPSA) is 158 Å². The number of aliphatic hydroxyl groups excluding tert-OH is 6. The van der Waals surface area contributed by atoms with Crippen LogP contribution in [-0.4, -0.2) is 117 Å². The monoisotopic (exact) mass is 466 g/mol. The van der Waals surface area contributed by atoms with Gasteiger partial charge in [-0.1, -0.05) is 20.8 Å². The summed E-state index contributed by atoms with van der Waals surface area (Å²) < 4.78 is 23.7. The number of rotatable bonds is 10. The van der Waals surface area contributed by atoms with Crippen molar-refractivity contribution in [2.75, 3.05) is 13.2 Å². The van der Waals surface area contributed by atoms with Crippen molar-refractivity contribution in [1.29, 1.82) is 0 Å². The van der Waals surface area contributed by atoms with Crippen LogP contribution in [0.5, 0.6) is 0 Å². The van der Waals surface area contributed by atoms with Crippen LogP contribution >= 0.6 is 0 Å². The molecule has 2 aliphatic rings. The normalized spacial score (nSPS) is 42.8. The zero-order valence-electron chi connectivity index (χ0n) is 19.7. The maximum Gasteiger partial charge on any atom is 0.115 e. The van der Waals surface area contributed by atoms with Gasteiger partial charge in [0.1, 0.15) is 54.9 Å². The van der Waals surface area contributed by atoms with Crippen LogP contribution in [0.2, 0.25) is 0 Å². The van der Waals surface area contributed by atoms with E-state index >= 15 is 0 Å². The molecule has 6 N–H and O–H groups in total. The molecule has 0 aromatic carbocycles. The Morgan fingerprint density at radius 3 is 1.84 bits per heavy atom. The predicted octanol–water partition coefficient (Wildman–Crippen LogP) is -0.903. The van der Waals surface area contributed by atoms with Crippen molar-refractivity contribution in [3.05, 3.63) is 0 Å². The zero-order valence-corrected chi connectivity index (χ0v) is 19.7. The molecule has 0 aliphatic carbocycles. The molecule has 0 amide bonds. The van der Waals surface area contributed by atoms with Crippen LogP contribution in [0.25, 0.3) is 0 Å². The van der Waals surface area contributed by atoms with Crippen molar-refractivity contribution in [3.8, 4) is 0 Å². The standard InChI is InChI=1S/C22H42O10/c1-6-12(7-2)30-19-13(9-23)31-21(18(28)17(19)27)22(5,8-3)32-20-14(10-24)29-11(4)15(25)16(20)26/h11-21,23-28H,6-10H2,1-5H3. The van der Waals surface area contributed by atoms with E-state index in [1.54, 1.807) is 20.8 Å². The van der Waals surface area contributed by atoms with Gasteiger partial charge in [-0.25, -0.2) is 0 Å². The summed E-state index contributed by atoms with van der Waals surface area (Å²) in [6, 6.07) is 0. The van der Waals surface area contributed by atoms with Crippen molar-refractivity contribution in [3.63, 3.8) is 0 Å². The molecule has 2 heterocycles. The quantitative estimate of drug-likeness (QED) is 0.238.